The summed E-state index contributed by atoms with van der Waals surface area (Å²) in [7, 11) is 0. The third-order valence-electron chi connectivity index (χ3n) is 2.90. The van der Waals surface area contributed by atoms with Crippen LogP contribution in [0.2, 0.25) is 0 Å². The van der Waals surface area contributed by atoms with Crippen molar-refractivity contribution in [1.29, 1.82) is 0 Å². The third kappa shape index (κ3) is 3.95. The van der Waals surface area contributed by atoms with E-state index in [1.54, 1.807) is 12.3 Å². The number of hydrogen-bond acceptors (Lipinski definition) is 4. The van der Waals surface area contributed by atoms with Crippen molar-refractivity contribution in [3.05, 3.63) is 48.2 Å². The maximum Gasteiger partial charge on any atom is 0.226 e. The van der Waals surface area contributed by atoms with Crippen molar-refractivity contribution in [2.24, 2.45) is 0 Å². The molecule has 2 rings (SSSR count). The molecule has 2 aromatic rings. The molecule has 20 heavy (non-hydrogen) atoms. The van der Waals surface area contributed by atoms with Gasteiger partial charge in [-0.25, -0.2) is 4.98 Å². The number of ether oxygens (including phenoxy) is 1. The van der Waals surface area contributed by atoms with Gasteiger partial charge >= 0.3 is 0 Å². The maximum atomic E-state index is 5.58. The highest BCUT2D eigenvalue weighted by molar-refractivity contribution is 5.33. The molecule has 0 fully saturated rings. The van der Waals surface area contributed by atoms with Gasteiger partial charge in [-0.05, 0) is 25.8 Å². The summed E-state index contributed by atoms with van der Waals surface area (Å²) in [6.07, 6.45) is 2.78. The predicted octanol–water partition coefficient (Wildman–Crippen LogP) is 3.83. The Morgan fingerprint density at radius 3 is 2.55 bits per heavy atom. The summed E-state index contributed by atoms with van der Waals surface area (Å²) in [4.78, 5) is 8.64. The second-order valence-corrected chi connectivity index (χ2v) is 4.90. The van der Waals surface area contributed by atoms with Crippen LogP contribution < -0.4 is 10.1 Å². The fourth-order valence-corrected chi connectivity index (χ4v) is 1.98. The van der Waals surface area contributed by atoms with Crippen LogP contribution in [0.25, 0.3) is 0 Å². The van der Waals surface area contributed by atoms with Crippen molar-refractivity contribution in [3.63, 3.8) is 0 Å². The fourth-order valence-electron chi connectivity index (χ4n) is 1.98. The molecule has 1 N–H and O–H groups in total. The predicted molar refractivity (Wildman–Crippen MR) is 80.9 cm³/mol. The number of aromatic nitrogens is 2. The molecule has 0 aliphatic rings. The van der Waals surface area contributed by atoms with Crippen molar-refractivity contribution in [2.75, 3.05) is 5.32 Å². The minimum atomic E-state index is 0.105. The van der Waals surface area contributed by atoms with Gasteiger partial charge in [-0.3, -0.25) is 0 Å². The standard InChI is InChI=1S/C16H21N3O/c1-4-14(13-8-6-5-7-9-13)18-16-17-11-10-15(19-16)20-12(2)3/h5-12,14H,4H2,1-3H3,(H,17,18,19). The van der Waals surface area contributed by atoms with Gasteiger partial charge in [0.2, 0.25) is 11.8 Å². The van der Waals surface area contributed by atoms with E-state index >= 15 is 0 Å². The van der Waals surface area contributed by atoms with E-state index in [1.165, 1.54) is 5.56 Å². The number of anilines is 1. The molecule has 0 saturated carbocycles. The van der Waals surface area contributed by atoms with Crippen LogP contribution in [0.5, 0.6) is 5.88 Å². The first-order valence-corrected chi connectivity index (χ1v) is 7.00. The third-order valence-corrected chi connectivity index (χ3v) is 2.90. The van der Waals surface area contributed by atoms with E-state index in [0.717, 1.165) is 6.42 Å². The number of benzene rings is 1. The normalized spacial score (nSPS) is 12.2. The molecule has 106 valence electrons. The quantitative estimate of drug-likeness (QED) is 0.867. The molecule has 1 unspecified atom stereocenters. The Balaban J connectivity index is 2.12. The Morgan fingerprint density at radius 1 is 1.15 bits per heavy atom. The molecule has 1 aromatic heterocycles. The van der Waals surface area contributed by atoms with Crippen LogP contribution in [0.3, 0.4) is 0 Å². The molecule has 0 radical (unpaired) electrons. The van der Waals surface area contributed by atoms with Gasteiger partial charge in [0, 0.05) is 12.3 Å². The molecule has 0 aliphatic heterocycles. The van der Waals surface area contributed by atoms with Gasteiger partial charge in [0.25, 0.3) is 0 Å². The highest BCUT2D eigenvalue weighted by atomic mass is 16.5. The smallest absolute Gasteiger partial charge is 0.226 e. The molecule has 4 heteroatoms. The van der Waals surface area contributed by atoms with Crippen LogP contribution in [0.4, 0.5) is 5.95 Å². The summed E-state index contributed by atoms with van der Waals surface area (Å²) in [6.45, 7) is 6.10. The SMILES string of the molecule is CCC(Nc1nccc(OC(C)C)n1)c1ccccc1. The first-order valence-electron chi connectivity index (χ1n) is 7.00. The van der Waals surface area contributed by atoms with Gasteiger partial charge in [-0.15, -0.1) is 0 Å². The molecule has 0 saturated heterocycles. The number of rotatable bonds is 6. The van der Waals surface area contributed by atoms with Crippen LogP contribution in [-0.4, -0.2) is 16.1 Å². The molecule has 0 aliphatic carbocycles. The van der Waals surface area contributed by atoms with E-state index in [-0.39, 0.29) is 12.1 Å². The Morgan fingerprint density at radius 2 is 1.90 bits per heavy atom. The van der Waals surface area contributed by atoms with E-state index in [9.17, 15) is 0 Å². The highest BCUT2D eigenvalue weighted by Gasteiger charge is 2.10. The van der Waals surface area contributed by atoms with E-state index < -0.39 is 0 Å². The number of nitrogens with zero attached hydrogens (tertiary/aromatic N) is 2. The molecule has 1 aromatic carbocycles. The van der Waals surface area contributed by atoms with Gasteiger partial charge in [0.1, 0.15) is 0 Å². The van der Waals surface area contributed by atoms with Crippen LogP contribution in [0.15, 0.2) is 42.6 Å². The Kier molecular flexibility index (Phi) is 4.93. The van der Waals surface area contributed by atoms with E-state index in [4.69, 9.17) is 4.74 Å². The average Bonchev–Trinajstić information content (AvgIpc) is 2.45. The monoisotopic (exact) mass is 271 g/mol. The van der Waals surface area contributed by atoms with Gasteiger partial charge in [-0.1, -0.05) is 37.3 Å². The van der Waals surface area contributed by atoms with Crippen molar-refractivity contribution in [2.45, 2.75) is 39.3 Å². The lowest BCUT2D eigenvalue weighted by atomic mass is 10.1. The maximum absolute atomic E-state index is 5.58. The van der Waals surface area contributed by atoms with Crippen LogP contribution in [0, 0.1) is 0 Å². The molecule has 1 atom stereocenters. The molecular weight excluding hydrogens is 250 g/mol. The molecule has 0 bridgehead atoms. The minimum Gasteiger partial charge on any atom is -0.475 e. The molecular formula is C16H21N3O. The molecule has 0 amide bonds. The summed E-state index contributed by atoms with van der Waals surface area (Å²) in [6, 6.07) is 12.3. The van der Waals surface area contributed by atoms with Crippen molar-refractivity contribution in [1.82, 2.24) is 9.97 Å². The fraction of sp³-hybridized carbons (Fsp3) is 0.375. The van der Waals surface area contributed by atoms with Gasteiger partial charge < -0.3 is 10.1 Å². The van der Waals surface area contributed by atoms with E-state index in [1.807, 2.05) is 32.0 Å². The Labute approximate surface area is 120 Å². The zero-order valence-electron chi connectivity index (χ0n) is 12.2. The van der Waals surface area contributed by atoms with Crippen molar-refractivity contribution >= 4 is 5.95 Å². The summed E-state index contributed by atoms with van der Waals surface area (Å²) < 4.78 is 5.58. The van der Waals surface area contributed by atoms with Gasteiger partial charge in [0.05, 0.1) is 12.1 Å². The van der Waals surface area contributed by atoms with Crippen LogP contribution in [-0.2, 0) is 0 Å². The van der Waals surface area contributed by atoms with Gasteiger partial charge in [0.15, 0.2) is 0 Å². The minimum absolute atomic E-state index is 0.105. The topological polar surface area (TPSA) is 47.0 Å². The average molecular weight is 271 g/mol. The van der Waals surface area contributed by atoms with Crippen molar-refractivity contribution in [3.8, 4) is 5.88 Å². The number of nitrogens with one attached hydrogen (secondary N) is 1. The molecule has 1 heterocycles. The largest absolute Gasteiger partial charge is 0.475 e. The highest BCUT2D eigenvalue weighted by Crippen LogP contribution is 2.21. The number of hydrogen-bond donors (Lipinski definition) is 1. The van der Waals surface area contributed by atoms with E-state index in [0.29, 0.717) is 11.8 Å². The lowest BCUT2D eigenvalue weighted by Crippen LogP contribution is -2.13. The van der Waals surface area contributed by atoms with Crippen LogP contribution in [0.1, 0.15) is 38.8 Å². The lowest BCUT2D eigenvalue weighted by Gasteiger charge is -2.18. The first kappa shape index (κ1) is 14.3. The zero-order valence-corrected chi connectivity index (χ0v) is 12.2. The Bertz CT molecular complexity index is 528. The van der Waals surface area contributed by atoms with E-state index in [2.05, 4.69) is 34.3 Å². The second-order valence-electron chi connectivity index (χ2n) is 4.90. The summed E-state index contributed by atoms with van der Waals surface area (Å²) in [5.74, 6) is 1.19. The van der Waals surface area contributed by atoms with Crippen LogP contribution >= 0.6 is 0 Å². The summed E-state index contributed by atoms with van der Waals surface area (Å²) >= 11 is 0. The lowest BCUT2D eigenvalue weighted by molar-refractivity contribution is 0.232. The molecule has 4 nitrogen and oxygen atoms in total. The Hall–Kier alpha value is -2.10. The first-order chi connectivity index (χ1) is 9.69. The summed E-state index contributed by atoms with van der Waals surface area (Å²) in [5.41, 5.74) is 1.23. The molecule has 0 spiro atoms. The van der Waals surface area contributed by atoms with Gasteiger partial charge in [-0.2, -0.15) is 4.98 Å². The van der Waals surface area contributed by atoms with Crippen molar-refractivity contribution < 1.29 is 4.74 Å². The second kappa shape index (κ2) is 6.89. The summed E-state index contributed by atoms with van der Waals surface area (Å²) in [5, 5.41) is 3.36. The zero-order chi connectivity index (χ0) is 14.4.